The van der Waals surface area contributed by atoms with Gasteiger partial charge in [0, 0.05) is 12.1 Å². The van der Waals surface area contributed by atoms with Gasteiger partial charge in [0.25, 0.3) is 5.91 Å². The second kappa shape index (κ2) is 11.3. The van der Waals surface area contributed by atoms with Crippen LogP contribution in [0.4, 0.5) is 5.69 Å². The van der Waals surface area contributed by atoms with Gasteiger partial charge in [-0.25, -0.2) is 4.79 Å². The van der Waals surface area contributed by atoms with Crippen molar-refractivity contribution in [2.24, 2.45) is 0 Å². The van der Waals surface area contributed by atoms with Gasteiger partial charge in [-0.1, -0.05) is 41.6 Å². The Hall–Kier alpha value is -3.66. The fourth-order valence-corrected chi connectivity index (χ4v) is 3.94. The Labute approximate surface area is 195 Å². The molecule has 0 bridgehead atoms. The molecule has 10 heteroatoms. The second-order valence-corrected chi connectivity index (χ2v) is 8.01. The van der Waals surface area contributed by atoms with Crippen molar-refractivity contribution in [2.45, 2.75) is 32.1 Å². The zero-order chi connectivity index (χ0) is 23.8. The van der Waals surface area contributed by atoms with Crippen molar-refractivity contribution in [1.29, 1.82) is 0 Å². The first-order valence-corrected chi connectivity index (χ1v) is 11.3. The van der Waals surface area contributed by atoms with Crippen LogP contribution in [0.1, 0.15) is 39.0 Å². The van der Waals surface area contributed by atoms with E-state index in [1.807, 2.05) is 36.6 Å². The number of anilines is 1. The molecular formula is C23H25N5O4S. The minimum absolute atomic E-state index is 0.0727. The van der Waals surface area contributed by atoms with Gasteiger partial charge in [-0.2, -0.15) is 0 Å². The topological polar surface area (TPSA) is 115 Å². The second-order valence-electron chi connectivity index (χ2n) is 7.07. The van der Waals surface area contributed by atoms with Crippen LogP contribution in [0.5, 0.6) is 0 Å². The van der Waals surface area contributed by atoms with Gasteiger partial charge >= 0.3 is 5.97 Å². The highest BCUT2D eigenvalue weighted by Gasteiger charge is 2.16. The number of nitrogens with zero attached hydrogens (tertiary/aromatic N) is 3. The fourth-order valence-electron chi connectivity index (χ4n) is 3.12. The Balaban J connectivity index is 1.60. The third-order valence-corrected chi connectivity index (χ3v) is 5.70. The maximum Gasteiger partial charge on any atom is 0.339 e. The molecule has 0 aliphatic carbocycles. The van der Waals surface area contributed by atoms with E-state index in [0.29, 0.717) is 28.8 Å². The molecule has 33 heavy (non-hydrogen) atoms. The summed E-state index contributed by atoms with van der Waals surface area (Å²) in [6.45, 7) is 4.66. The molecule has 1 aromatic heterocycles. The first-order valence-electron chi connectivity index (χ1n) is 10.3. The number of esters is 1. The number of amides is 2. The molecule has 2 N–H and O–H groups in total. The minimum atomic E-state index is -0.526. The van der Waals surface area contributed by atoms with E-state index in [4.69, 9.17) is 4.74 Å². The average Bonchev–Trinajstić information content (AvgIpc) is 3.22. The van der Waals surface area contributed by atoms with Gasteiger partial charge in [0.15, 0.2) is 11.0 Å². The fraction of sp³-hybridized carbons (Fsp3) is 0.261. The number of hydrogen-bond donors (Lipinski definition) is 2. The van der Waals surface area contributed by atoms with Crippen LogP contribution in [-0.4, -0.2) is 45.4 Å². The van der Waals surface area contributed by atoms with Crippen molar-refractivity contribution in [2.75, 3.05) is 18.2 Å². The van der Waals surface area contributed by atoms with Crippen LogP contribution >= 0.6 is 11.8 Å². The maximum atomic E-state index is 12.5. The van der Waals surface area contributed by atoms with E-state index >= 15 is 0 Å². The van der Waals surface area contributed by atoms with Crippen LogP contribution in [0.2, 0.25) is 0 Å². The van der Waals surface area contributed by atoms with Gasteiger partial charge in [0.2, 0.25) is 5.91 Å². The van der Waals surface area contributed by atoms with Gasteiger partial charge in [-0.3, -0.25) is 9.59 Å². The lowest BCUT2D eigenvalue weighted by molar-refractivity contribution is -0.113. The quantitative estimate of drug-likeness (QED) is 0.367. The molecular weight excluding hydrogens is 442 g/mol. The van der Waals surface area contributed by atoms with Gasteiger partial charge in [0.1, 0.15) is 0 Å². The van der Waals surface area contributed by atoms with E-state index < -0.39 is 5.97 Å². The van der Waals surface area contributed by atoms with E-state index in [9.17, 15) is 14.4 Å². The molecule has 0 saturated carbocycles. The standard InChI is InChI=1S/C23H25N5O4S/c1-4-28-19(13-24-21(30)16-9-7-8-15(2)12-16)26-27-23(28)33-14-20(29)25-18-11-6-5-10-17(18)22(31)32-3/h5-12H,4,13-14H2,1-3H3,(H,24,30)(H,25,29). The number of ether oxygens (including phenoxy) is 1. The number of rotatable bonds is 9. The van der Waals surface area contributed by atoms with Gasteiger partial charge in [-0.15, -0.1) is 10.2 Å². The third kappa shape index (κ3) is 6.19. The lowest BCUT2D eigenvalue weighted by atomic mass is 10.1. The van der Waals surface area contributed by atoms with Crippen molar-refractivity contribution in [1.82, 2.24) is 20.1 Å². The Kier molecular flexibility index (Phi) is 8.20. The molecule has 2 amide bonds. The van der Waals surface area contributed by atoms with Crippen LogP contribution in [0.25, 0.3) is 0 Å². The lowest BCUT2D eigenvalue weighted by Crippen LogP contribution is -2.25. The molecule has 9 nitrogen and oxygen atoms in total. The van der Waals surface area contributed by atoms with Crippen LogP contribution in [-0.2, 0) is 22.6 Å². The van der Waals surface area contributed by atoms with E-state index in [2.05, 4.69) is 20.8 Å². The molecule has 172 valence electrons. The molecule has 0 fully saturated rings. The molecule has 1 heterocycles. The van der Waals surface area contributed by atoms with Gasteiger partial charge in [-0.05, 0) is 38.1 Å². The Morgan fingerprint density at radius 3 is 2.61 bits per heavy atom. The molecule has 0 spiro atoms. The predicted octanol–water partition coefficient (Wildman–Crippen LogP) is 3.05. The predicted molar refractivity (Wildman–Crippen MR) is 125 cm³/mol. The number of aryl methyl sites for hydroxylation is 1. The zero-order valence-corrected chi connectivity index (χ0v) is 19.4. The van der Waals surface area contributed by atoms with E-state index in [1.54, 1.807) is 30.3 Å². The number of para-hydroxylation sites is 1. The zero-order valence-electron chi connectivity index (χ0n) is 18.6. The van der Waals surface area contributed by atoms with Crippen molar-refractivity contribution >= 4 is 35.2 Å². The lowest BCUT2D eigenvalue weighted by Gasteiger charge is -2.10. The third-order valence-electron chi connectivity index (χ3n) is 4.74. The summed E-state index contributed by atoms with van der Waals surface area (Å²) >= 11 is 1.22. The van der Waals surface area contributed by atoms with Crippen molar-refractivity contribution in [3.63, 3.8) is 0 Å². The summed E-state index contributed by atoms with van der Waals surface area (Å²) in [7, 11) is 1.29. The number of methoxy groups -OCH3 is 1. The van der Waals surface area contributed by atoms with E-state index in [1.165, 1.54) is 18.9 Å². The molecule has 0 unspecified atom stereocenters. The van der Waals surface area contributed by atoms with E-state index in [0.717, 1.165) is 5.56 Å². The maximum absolute atomic E-state index is 12.5. The number of hydrogen-bond acceptors (Lipinski definition) is 7. The van der Waals surface area contributed by atoms with Crippen molar-refractivity contribution in [3.8, 4) is 0 Å². The van der Waals surface area contributed by atoms with E-state index in [-0.39, 0.29) is 29.7 Å². The number of nitrogens with one attached hydrogen (secondary N) is 2. The van der Waals surface area contributed by atoms with Crippen LogP contribution in [0.3, 0.4) is 0 Å². The van der Waals surface area contributed by atoms with Crippen molar-refractivity contribution in [3.05, 3.63) is 71.0 Å². The van der Waals surface area contributed by atoms with Crippen LogP contribution in [0.15, 0.2) is 53.7 Å². The monoisotopic (exact) mass is 467 g/mol. The molecule has 3 aromatic rings. The smallest absolute Gasteiger partial charge is 0.339 e. The first kappa shape index (κ1) is 24.0. The van der Waals surface area contributed by atoms with Crippen LogP contribution < -0.4 is 10.6 Å². The molecule has 0 radical (unpaired) electrons. The summed E-state index contributed by atoms with van der Waals surface area (Å²) in [6, 6.07) is 14.0. The highest BCUT2D eigenvalue weighted by molar-refractivity contribution is 7.99. The summed E-state index contributed by atoms with van der Waals surface area (Å²) in [5.74, 6) is -0.346. The average molecular weight is 468 g/mol. The summed E-state index contributed by atoms with van der Waals surface area (Å²) in [5, 5.41) is 14.5. The number of benzene rings is 2. The molecule has 2 aromatic carbocycles. The minimum Gasteiger partial charge on any atom is -0.465 e. The Bertz CT molecular complexity index is 1160. The normalized spacial score (nSPS) is 10.5. The summed E-state index contributed by atoms with van der Waals surface area (Å²) < 4.78 is 6.59. The largest absolute Gasteiger partial charge is 0.465 e. The Morgan fingerprint density at radius 1 is 1.09 bits per heavy atom. The first-order chi connectivity index (χ1) is 15.9. The van der Waals surface area contributed by atoms with Gasteiger partial charge in [0.05, 0.1) is 30.7 Å². The summed E-state index contributed by atoms with van der Waals surface area (Å²) in [4.78, 5) is 36.7. The molecule has 0 aliphatic rings. The number of aromatic nitrogens is 3. The number of thioether (sulfide) groups is 1. The molecule has 0 saturated heterocycles. The number of carbonyl (C=O) groups excluding carboxylic acids is 3. The molecule has 3 rings (SSSR count). The Morgan fingerprint density at radius 2 is 1.88 bits per heavy atom. The van der Waals surface area contributed by atoms with Crippen LogP contribution in [0, 0.1) is 6.92 Å². The highest BCUT2D eigenvalue weighted by atomic mass is 32.2. The van der Waals surface area contributed by atoms with Gasteiger partial charge < -0.3 is 19.9 Å². The summed E-state index contributed by atoms with van der Waals surface area (Å²) in [6.07, 6.45) is 0. The summed E-state index contributed by atoms with van der Waals surface area (Å²) in [5.41, 5.74) is 2.25. The molecule has 0 aliphatic heterocycles. The van der Waals surface area contributed by atoms with Crippen molar-refractivity contribution < 1.29 is 19.1 Å². The highest BCUT2D eigenvalue weighted by Crippen LogP contribution is 2.20. The SMILES string of the molecule is CCn1c(CNC(=O)c2cccc(C)c2)nnc1SCC(=O)Nc1ccccc1C(=O)OC. The molecule has 0 atom stereocenters. The number of carbonyl (C=O) groups is 3.